The monoisotopic (exact) mass is 264 g/mol. The lowest BCUT2D eigenvalue weighted by atomic mass is 10.1. The lowest BCUT2D eigenvalue weighted by Gasteiger charge is -2.23. The van der Waals surface area contributed by atoms with Crippen molar-refractivity contribution in [2.45, 2.75) is 27.0 Å². The Morgan fingerprint density at radius 3 is 2.11 bits per heavy atom. The molecular formula is C15H24N2O2. The first-order valence-corrected chi connectivity index (χ1v) is 6.75. The Balaban J connectivity index is 2.49. The van der Waals surface area contributed by atoms with Crippen molar-refractivity contribution in [2.24, 2.45) is 0 Å². The van der Waals surface area contributed by atoms with Crippen LogP contribution in [0, 0.1) is 0 Å². The molecule has 0 aromatic heterocycles. The molecule has 0 aliphatic heterocycles. The summed E-state index contributed by atoms with van der Waals surface area (Å²) in [5.41, 5.74) is 2.05. The molecule has 4 nitrogen and oxygen atoms in total. The first kappa shape index (κ1) is 15.7. The Bertz CT molecular complexity index is 386. The number of aliphatic hydroxyl groups is 1. The molecule has 1 aromatic carbocycles. The predicted octanol–water partition coefficient (Wildman–Crippen LogP) is 1.48. The van der Waals surface area contributed by atoms with Crippen LogP contribution in [-0.4, -0.2) is 47.5 Å². The molecule has 106 valence electrons. The van der Waals surface area contributed by atoms with Gasteiger partial charge in [0.05, 0.1) is 13.2 Å². The Labute approximate surface area is 115 Å². The quantitative estimate of drug-likeness (QED) is 0.811. The molecule has 0 aliphatic carbocycles. The molecule has 4 heteroatoms. The molecule has 0 bridgehead atoms. The van der Waals surface area contributed by atoms with E-state index in [9.17, 15) is 4.79 Å². The van der Waals surface area contributed by atoms with Gasteiger partial charge in [-0.1, -0.05) is 24.3 Å². The average Bonchev–Trinajstić information content (AvgIpc) is 2.40. The van der Waals surface area contributed by atoms with E-state index in [0.29, 0.717) is 6.54 Å². The fourth-order valence-electron chi connectivity index (χ4n) is 2.02. The molecule has 1 rings (SSSR count). The first-order valence-electron chi connectivity index (χ1n) is 6.75. The zero-order valence-corrected chi connectivity index (χ0v) is 12.1. The molecule has 0 heterocycles. The SMILES string of the molecule is CCN(CC)C(=O)CN(C)Cc1ccc(CO)cc1. The van der Waals surface area contributed by atoms with Gasteiger partial charge in [0.15, 0.2) is 0 Å². The molecular weight excluding hydrogens is 240 g/mol. The van der Waals surface area contributed by atoms with Crippen molar-refractivity contribution in [1.82, 2.24) is 9.80 Å². The van der Waals surface area contributed by atoms with Gasteiger partial charge < -0.3 is 10.0 Å². The second-order valence-electron chi connectivity index (χ2n) is 4.71. The van der Waals surface area contributed by atoms with Gasteiger partial charge in [-0.3, -0.25) is 9.69 Å². The minimum absolute atomic E-state index is 0.0660. The standard InChI is InChI=1S/C15H24N2O2/c1-4-17(5-2)15(19)11-16(3)10-13-6-8-14(12-18)9-7-13/h6-9,18H,4-5,10-12H2,1-3H3. The van der Waals surface area contributed by atoms with Crippen LogP contribution >= 0.6 is 0 Å². The van der Waals surface area contributed by atoms with E-state index in [2.05, 4.69) is 0 Å². The van der Waals surface area contributed by atoms with Crippen molar-refractivity contribution in [3.63, 3.8) is 0 Å². The maximum absolute atomic E-state index is 12.0. The number of benzene rings is 1. The van der Waals surface area contributed by atoms with Gasteiger partial charge in [-0.15, -0.1) is 0 Å². The summed E-state index contributed by atoms with van der Waals surface area (Å²) < 4.78 is 0. The normalized spacial score (nSPS) is 10.8. The molecule has 0 saturated carbocycles. The summed E-state index contributed by atoms with van der Waals surface area (Å²) in [6.45, 7) is 6.74. The van der Waals surface area contributed by atoms with Gasteiger partial charge in [-0.05, 0) is 32.0 Å². The third-order valence-corrected chi connectivity index (χ3v) is 3.18. The number of nitrogens with zero attached hydrogens (tertiary/aromatic N) is 2. The molecule has 0 radical (unpaired) electrons. The van der Waals surface area contributed by atoms with Gasteiger partial charge in [0, 0.05) is 19.6 Å². The largest absolute Gasteiger partial charge is 0.392 e. The van der Waals surface area contributed by atoms with E-state index in [4.69, 9.17) is 5.11 Å². The topological polar surface area (TPSA) is 43.8 Å². The van der Waals surface area contributed by atoms with Crippen LogP contribution in [0.25, 0.3) is 0 Å². The molecule has 0 atom stereocenters. The van der Waals surface area contributed by atoms with Gasteiger partial charge in [0.25, 0.3) is 0 Å². The number of hydrogen-bond acceptors (Lipinski definition) is 3. The molecule has 19 heavy (non-hydrogen) atoms. The van der Waals surface area contributed by atoms with Gasteiger partial charge in [-0.2, -0.15) is 0 Å². The van der Waals surface area contributed by atoms with E-state index >= 15 is 0 Å². The molecule has 1 amide bonds. The Hall–Kier alpha value is -1.39. The fraction of sp³-hybridized carbons (Fsp3) is 0.533. The lowest BCUT2D eigenvalue weighted by Crippen LogP contribution is -2.38. The summed E-state index contributed by atoms with van der Waals surface area (Å²) in [4.78, 5) is 15.8. The second-order valence-corrected chi connectivity index (χ2v) is 4.71. The van der Waals surface area contributed by atoms with Crippen LogP contribution in [0.1, 0.15) is 25.0 Å². The number of amides is 1. The number of rotatable bonds is 7. The predicted molar refractivity (Wildman–Crippen MR) is 76.6 cm³/mol. The number of likely N-dealkylation sites (N-methyl/N-ethyl adjacent to an activating group) is 2. The number of aliphatic hydroxyl groups excluding tert-OH is 1. The highest BCUT2D eigenvalue weighted by atomic mass is 16.3. The van der Waals surface area contributed by atoms with Crippen LogP contribution < -0.4 is 0 Å². The molecule has 0 aliphatic rings. The zero-order valence-electron chi connectivity index (χ0n) is 12.1. The first-order chi connectivity index (χ1) is 9.10. The van der Waals surface area contributed by atoms with Gasteiger partial charge in [0.2, 0.25) is 5.91 Å². The summed E-state index contributed by atoms with van der Waals surface area (Å²) in [6.07, 6.45) is 0. The van der Waals surface area contributed by atoms with Crippen molar-refractivity contribution >= 4 is 5.91 Å². The Kier molecular flexibility index (Phi) is 6.53. The van der Waals surface area contributed by atoms with Crippen LogP contribution in [0.4, 0.5) is 0 Å². The van der Waals surface area contributed by atoms with Gasteiger partial charge >= 0.3 is 0 Å². The van der Waals surface area contributed by atoms with Gasteiger partial charge in [-0.25, -0.2) is 0 Å². The zero-order chi connectivity index (χ0) is 14.3. The lowest BCUT2D eigenvalue weighted by molar-refractivity contribution is -0.131. The van der Waals surface area contributed by atoms with Crippen LogP contribution in [-0.2, 0) is 17.9 Å². The maximum Gasteiger partial charge on any atom is 0.236 e. The highest BCUT2D eigenvalue weighted by Gasteiger charge is 2.12. The van der Waals surface area contributed by atoms with E-state index in [1.54, 1.807) is 0 Å². The van der Waals surface area contributed by atoms with E-state index in [0.717, 1.165) is 30.8 Å². The molecule has 1 aromatic rings. The second kappa shape index (κ2) is 7.92. The summed E-state index contributed by atoms with van der Waals surface area (Å²) in [5.74, 6) is 0.166. The van der Waals surface area contributed by atoms with E-state index in [-0.39, 0.29) is 12.5 Å². The van der Waals surface area contributed by atoms with Gasteiger partial charge in [0.1, 0.15) is 0 Å². The van der Waals surface area contributed by atoms with E-state index in [1.165, 1.54) is 0 Å². The van der Waals surface area contributed by atoms with Crippen molar-refractivity contribution in [3.8, 4) is 0 Å². The molecule has 1 N–H and O–H groups in total. The molecule has 0 fully saturated rings. The molecule has 0 saturated heterocycles. The fourth-order valence-corrected chi connectivity index (χ4v) is 2.02. The van der Waals surface area contributed by atoms with Crippen molar-refractivity contribution < 1.29 is 9.90 Å². The maximum atomic E-state index is 12.0. The minimum Gasteiger partial charge on any atom is -0.392 e. The summed E-state index contributed by atoms with van der Waals surface area (Å²) in [6, 6.07) is 7.80. The number of hydrogen-bond donors (Lipinski definition) is 1. The summed E-state index contributed by atoms with van der Waals surface area (Å²) in [7, 11) is 1.95. The van der Waals surface area contributed by atoms with Crippen molar-refractivity contribution in [2.75, 3.05) is 26.7 Å². The highest BCUT2D eigenvalue weighted by Crippen LogP contribution is 2.07. The number of carbonyl (C=O) groups excluding carboxylic acids is 1. The van der Waals surface area contributed by atoms with E-state index in [1.807, 2.05) is 55.0 Å². The third kappa shape index (κ3) is 5.01. The Morgan fingerprint density at radius 1 is 1.11 bits per heavy atom. The van der Waals surface area contributed by atoms with Crippen LogP contribution in [0.15, 0.2) is 24.3 Å². The van der Waals surface area contributed by atoms with Crippen LogP contribution in [0.2, 0.25) is 0 Å². The molecule has 0 unspecified atom stereocenters. The van der Waals surface area contributed by atoms with Crippen molar-refractivity contribution in [3.05, 3.63) is 35.4 Å². The van der Waals surface area contributed by atoms with Crippen LogP contribution in [0.3, 0.4) is 0 Å². The van der Waals surface area contributed by atoms with Crippen LogP contribution in [0.5, 0.6) is 0 Å². The average molecular weight is 264 g/mol. The van der Waals surface area contributed by atoms with Crippen molar-refractivity contribution in [1.29, 1.82) is 0 Å². The molecule has 0 spiro atoms. The summed E-state index contributed by atoms with van der Waals surface area (Å²) >= 11 is 0. The minimum atomic E-state index is 0.0660. The van der Waals surface area contributed by atoms with E-state index < -0.39 is 0 Å². The highest BCUT2D eigenvalue weighted by molar-refractivity contribution is 5.78. The third-order valence-electron chi connectivity index (χ3n) is 3.18. The Morgan fingerprint density at radius 2 is 1.63 bits per heavy atom. The smallest absolute Gasteiger partial charge is 0.236 e. The number of carbonyl (C=O) groups is 1. The summed E-state index contributed by atoms with van der Waals surface area (Å²) in [5, 5.41) is 8.98.